The summed E-state index contributed by atoms with van der Waals surface area (Å²) in [6, 6.07) is 14.1. The van der Waals surface area contributed by atoms with E-state index >= 15 is 0 Å². The van der Waals surface area contributed by atoms with Crippen LogP contribution in [-0.4, -0.2) is 63.6 Å². The largest absolute Gasteiger partial charge is 0.492 e. The Labute approximate surface area is 257 Å². The minimum absolute atomic E-state index is 0.119. The maximum Gasteiger partial charge on any atom is 0.243 e. The molecule has 5 rings (SSSR count). The lowest BCUT2D eigenvalue weighted by Gasteiger charge is -2.27. The predicted octanol–water partition coefficient (Wildman–Crippen LogP) is 2.16. The monoisotopic (exact) mass is 603 g/mol. The minimum atomic E-state index is -0.905. The van der Waals surface area contributed by atoms with Crippen LogP contribution >= 0.6 is 0 Å². The first-order valence-corrected chi connectivity index (χ1v) is 14.9. The summed E-state index contributed by atoms with van der Waals surface area (Å²) < 4.78 is 7.26. The lowest BCUT2D eigenvalue weighted by molar-refractivity contribution is -0.133. The van der Waals surface area contributed by atoms with Crippen molar-refractivity contribution in [3.05, 3.63) is 66.0 Å². The highest BCUT2D eigenvalue weighted by Gasteiger charge is 2.31. The third-order valence-electron chi connectivity index (χ3n) is 7.23. The van der Waals surface area contributed by atoms with Crippen molar-refractivity contribution in [2.45, 2.75) is 65.7 Å². The van der Waals surface area contributed by atoms with Crippen LogP contribution in [0.2, 0.25) is 0 Å². The van der Waals surface area contributed by atoms with Crippen LogP contribution in [0, 0.1) is 11.8 Å². The van der Waals surface area contributed by atoms with Gasteiger partial charge in [0.2, 0.25) is 23.6 Å². The molecule has 3 aromatic rings. The van der Waals surface area contributed by atoms with E-state index in [9.17, 15) is 19.2 Å². The molecule has 0 fully saturated rings. The van der Waals surface area contributed by atoms with Gasteiger partial charge in [-0.25, -0.2) is 9.67 Å². The number of carbonyl (C=O) groups is 4. The molecular formula is C32H41N7O5. The summed E-state index contributed by atoms with van der Waals surface area (Å²) in [7, 11) is 0. The van der Waals surface area contributed by atoms with Crippen molar-refractivity contribution < 1.29 is 23.9 Å². The summed E-state index contributed by atoms with van der Waals surface area (Å²) >= 11 is 0. The maximum atomic E-state index is 13.6. The van der Waals surface area contributed by atoms with Crippen molar-refractivity contribution in [2.24, 2.45) is 11.8 Å². The molecule has 2 aliphatic rings. The van der Waals surface area contributed by atoms with Crippen LogP contribution in [0.15, 0.2) is 54.6 Å². The van der Waals surface area contributed by atoms with Crippen molar-refractivity contribution in [3.8, 4) is 17.1 Å². The molecule has 0 aliphatic carbocycles. The van der Waals surface area contributed by atoms with Crippen molar-refractivity contribution in [3.63, 3.8) is 0 Å². The summed E-state index contributed by atoms with van der Waals surface area (Å²) in [5, 5.41) is 16.1. The lowest BCUT2D eigenvalue weighted by atomic mass is 10.00. The quantitative estimate of drug-likeness (QED) is 0.356. The molecule has 2 aliphatic heterocycles. The molecule has 44 heavy (non-hydrogen) atoms. The van der Waals surface area contributed by atoms with Gasteiger partial charge in [0.15, 0.2) is 5.82 Å². The smallest absolute Gasteiger partial charge is 0.243 e. The molecule has 3 atom stereocenters. The summed E-state index contributed by atoms with van der Waals surface area (Å²) in [5.41, 5.74) is 1.56. The number of nitrogens with one attached hydrogen (secondary N) is 4. The van der Waals surface area contributed by atoms with Crippen molar-refractivity contribution in [1.82, 2.24) is 36.0 Å². The van der Waals surface area contributed by atoms with E-state index in [0.29, 0.717) is 17.4 Å². The van der Waals surface area contributed by atoms with Gasteiger partial charge >= 0.3 is 0 Å². The van der Waals surface area contributed by atoms with E-state index in [2.05, 4.69) is 31.3 Å². The molecule has 0 saturated carbocycles. The number of benzene rings is 2. The van der Waals surface area contributed by atoms with E-state index in [1.165, 1.54) is 4.68 Å². The number of hydrogen-bond acceptors (Lipinski definition) is 7. The number of hydrogen-bond donors (Lipinski definition) is 4. The second-order valence-corrected chi connectivity index (χ2v) is 11.5. The van der Waals surface area contributed by atoms with E-state index in [1.807, 2.05) is 56.3 Å². The summed E-state index contributed by atoms with van der Waals surface area (Å²) in [5.74, 6) is -0.661. The number of rotatable bonds is 4. The molecule has 4 amide bonds. The Morgan fingerprint density at radius 2 is 1.68 bits per heavy atom. The van der Waals surface area contributed by atoms with Crippen LogP contribution in [0.5, 0.6) is 5.75 Å². The maximum absolute atomic E-state index is 13.6. The fraction of sp³-hybridized carbons (Fsp3) is 0.438. The molecule has 4 N–H and O–H groups in total. The molecule has 12 heteroatoms. The van der Waals surface area contributed by atoms with E-state index in [1.54, 1.807) is 32.9 Å². The number of fused-ring (bicyclic) bond motifs is 14. The average Bonchev–Trinajstić information content (AvgIpc) is 3.41. The van der Waals surface area contributed by atoms with Gasteiger partial charge in [-0.2, -0.15) is 5.10 Å². The summed E-state index contributed by atoms with van der Waals surface area (Å²) in [6.07, 6.45) is 0.217. The Hall–Kier alpha value is -4.74. The molecular weight excluding hydrogens is 562 g/mol. The lowest BCUT2D eigenvalue weighted by Crippen LogP contribution is -2.56. The number of ether oxygens (including phenoxy) is 1. The Balaban J connectivity index is 1.66. The van der Waals surface area contributed by atoms with E-state index in [4.69, 9.17) is 4.74 Å². The highest BCUT2D eigenvalue weighted by molar-refractivity contribution is 5.92. The van der Waals surface area contributed by atoms with E-state index in [-0.39, 0.29) is 49.8 Å². The Bertz CT molecular complexity index is 1450. The summed E-state index contributed by atoms with van der Waals surface area (Å²) in [4.78, 5) is 57.4. The molecule has 1 aromatic heterocycles. The van der Waals surface area contributed by atoms with Gasteiger partial charge < -0.3 is 26.0 Å². The normalized spacial score (nSPS) is 20.2. The van der Waals surface area contributed by atoms with Gasteiger partial charge in [0, 0.05) is 17.9 Å². The molecule has 0 unspecified atom stereocenters. The zero-order chi connectivity index (χ0) is 31.8. The first-order valence-electron chi connectivity index (χ1n) is 14.9. The van der Waals surface area contributed by atoms with Gasteiger partial charge in [-0.05, 0) is 30.5 Å². The second-order valence-electron chi connectivity index (χ2n) is 11.5. The highest BCUT2D eigenvalue weighted by atomic mass is 16.5. The molecule has 2 aromatic carbocycles. The van der Waals surface area contributed by atoms with Crippen LogP contribution in [0.3, 0.4) is 0 Å². The van der Waals surface area contributed by atoms with Crippen molar-refractivity contribution >= 4 is 23.6 Å². The third kappa shape index (κ3) is 8.42. The fourth-order valence-corrected chi connectivity index (χ4v) is 4.71. The predicted molar refractivity (Wildman–Crippen MR) is 164 cm³/mol. The molecule has 2 bridgehead atoms. The molecule has 12 nitrogen and oxygen atoms in total. The zero-order valence-corrected chi connectivity index (χ0v) is 25.8. The highest BCUT2D eigenvalue weighted by Crippen LogP contribution is 2.20. The fourth-order valence-electron chi connectivity index (χ4n) is 4.71. The van der Waals surface area contributed by atoms with Gasteiger partial charge in [-0.1, -0.05) is 70.2 Å². The molecule has 0 spiro atoms. The Kier molecular flexibility index (Phi) is 10.7. The van der Waals surface area contributed by atoms with Gasteiger partial charge in [-0.3, -0.25) is 19.2 Å². The molecule has 3 heterocycles. The van der Waals surface area contributed by atoms with Crippen LogP contribution < -0.4 is 26.0 Å². The third-order valence-corrected chi connectivity index (χ3v) is 7.23. The van der Waals surface area contributed by atoms with Gasteiger partial charge in [-0.15, -0.1) is 0 Å². The van der Waals surface area contributed by atoms with Gasteiger partial charge in [0.1, 0.15) is 36.8 Å². The minimum Gasteiger partial charge on any atom is -0.492 e. The van der Waals surface area contributed by atoms with Gasteiger partial charge in [0.05, 0.1) is 12.6 Å². The Morgan fingerprint density at radius 3 is 2.34 bits per heavy atom. The number of aromatic nitrogens is 3. The van der Waals surface area contributed by atoms with Crippen molar-refractivity contribution in [1.29, 1.82) is 0 Å². The SMILES string of the molecule is CC(C)C(=O)N[C@H]1Cc2ccc(cc2)OCCNC(=O)Cn2nc(-c3ccccc3)nc2[C@H](C)NC(=O)[C@@H](C(C)C)NC1=O. The molecule has 0 radical (unpaired) electrons. The summed E-state index contributed by atoms with van der Waals surface area (Å²) in [6.45, 7) is 9.29. The van der Waals surface area contributed by atoms with Crippen LogP contribution in [0.1, 0.15) is 52.0 Å². The van der Waals surface area contributed by atoms with Crippen LogP contribution in [0.25, 0.3) is 11.4 Å². The number of nitrogens with zero attached hydrogens (tertiary/aromatic N) is 3. The van der Waals surface area contributed by atoms with E-state index in [0.717, 1.165) is 11.1 Å². The Morgan fingerprint density at radius 1 is 0.977 bits per heavy atom. The first-order chi connectivity index (χ1) is 21.0. The van der Waals surface area contributed by atoms with E-state index < -0.39 is 29.9 Å². The first kappa shape index (κ1) is 32.2. The van der Waals surface area contributed by atoms with Gasteiger partial charge in [0.25, 0.3) is 0 Å². The van der Waals surface area contributed by atoms with Crippen LogP contribution in [-0.2, 0) is 32.1 Å². The van der Waals surface area contributed by atoms with Crippen molar-refractivity contribution in [2.75, 3.05) is 13.2 Å². The average molecular weight is 604 g/mol. The molecule has 234 valence electrons. The topological polar surface area (TPSA) is 156 Å². The number of amides is 4. The standard InChI is InChI=1S/C32H41N7O5/c1-19(2)27-32(43)34-21(5)29-37-28(23-9-7-6-8-10-23)38-39(29)18-26(40)33-15-16-44-24-13-11-22(12-14-24)17-25(31(42)36-27)35-30(41)20(3)4/h6-14,19-21,25,27H,15-18H2,1-5H3,(H,33,40)(H,34,43)(H,35,41)(H,36,42)/t21-,25-,27+/m0/s1. The van der Waals surface area contributed by atoms with Crippen LogP contribution in [0.4, 0.5) is 0 Å². The second kappa shape index (κ2) is 14.6. The molecule has 0 saturated heterocycles. The number of carbonyl (C=O) groups excluding carboxylic acids is 4. The zero-order valence-electron chi connectivity index (χ0n) is 25.8.